The largest absolute Gasteiger partial charge is 0.481 e. The van der Waals surface area contributed by atoms with Crippen LogP contribution in [0.15, 0.2) is 29.2 Å². The molecule has 0 atom stereocenters. The Hall–Kier alpha value is -2.11. The van der Waals surface area contributed by atoms with E-state index in [2.05, 4.69) is 10.3 Å². The highest BCUT2D eigenvalue weighted by atomic mass is 16.4. The fourth-order valence-corrected chi connectivity index (χ4v) is 1.22. The molecule has 6 nitrogen and oxygen atoms in total. The first-order valence-corrected chi connectivity index (χ1v) is 4.36. The summed E-state index contributed by atoms with van der Waals surface area (Å²) in [5, 5.41) is 16.1. The maximum atomic E-state index is 10.4. The summed E-state index contributed by atoms with van der Waals surface area (Å²) in [7, 11) is 0. The van der Waals surface area contributed by atoms with Crippen LogP contribution in [-0.4, -0.2) is 26.1 Å². The molecule has 1 N–H and O–H groups in total. The Morgan fingerprint density at radius 2 is 2.47 bits per heavy atom. The number of hydrogen-bond acceptors (Lipinski definition) is 4. The lowest BCUT2D eigenvalue weighted by molar-refractivity contribution is -0.136. The smallest absolute Gasteiger partial charge is 0.309 e. The second-order valence-electron chi connectivity index (χ2n) is 3.11. The number of rotatable bonds is 4. The molecule has 2 rings (SSSR count). The Balaban J connectivity index is 2.04. The van der Waals surface area contributed by atoms with Gasteiger partial charge in [-0.1, -0.05) is 5.21 Å². The second kappa shape index (κ2) is 3.95. The Morgan fingerprint density at radius 1 is 1.60 bits per heavy atom. The Bertz CT molecular complexity index is 447. The van der Waals surface area contributed by atoms with Crippen molar-refractivity contribution >= 4 is 5.97 Å². The molecule has 0 fully saturated rings. The fourth-order valence-electron chi connectivity index (χ4n) is 1.22. The third-order valence-corrected chi connectivity index (χ3v) is 1.84. The van der Waals surface area contributed by atoms with Gasteiger partial charge in [-0.15, -0.1) is 5.10 Å². The van der Waals surface area contributed by atoms with Crippen molar-refractivity contribution in [1.82, 2.24) is 15.0 Å². The highest BCUT2D eigenvalue weighted by Gasteiger charge is 2.05. The van der Waals surface area contributed by atoms with Gasteiger partial charge in [-0.3, -0.25) is 4.79 Å². The quantitative estimate of drug-likeness (QED) is 0.791. The summed E-state index contributed by atoms with van der Waals surface area (Å²) in [6.07, 6.45) is 4.69. The fraction of sp³-hybridized carbons (Fsp3) is 0.222. The van der Waals surface area contributed by atoms with E-state index in [1.54, 1.807) is 23.4 Å². The predicted octanol–water partition coefficient (Wildman–Crippen LogP) is 0.547. The monoisotopic (exact) mass is 207 g/mol. The summed E-state index contributed by atoms with van der Waals surface area (Å²) in [6, 6.07) is 1.82. The molecule has 0 spiro atoms. The third-order valence-electron chi connectivity index (χ3n) is 1.84. The number of furan rings is 1. The molecular weight excluding hydrogens is 198 g/mol. The van der Waals surface area contributed by atoms with Crippen LogP contribution < -0.4 is 0 Å². The van der Waals surface area contributed by atoms with Gasteiger partial charge < -0.3 is 9.52 Å². The minimum atomic E-state index is -0.912. The summed E-state index contributed by atoms with van der Waals surface area (Å²) in [5.74, 6) is -0.912. The van der Waals surface area contributed by atoms with Crippen molar-refractivity contribution in [2.75, 3.05) is 0 Å². The van der Waals surface area contributed by atoms with Gasteiger partial charge in [0.2, 0.25) is 0 Å². The van der Waals surface area contributed by atoms with Gasteiger partial charge in [-0.05, 0) is 6.07 Å². The van der Waals surface area contributed by atoms with Gasteiger partial charge in [0.15, 0.2) is 0 Å². The number of hydrogen-bond donors (Lipinski definition) is 1. The molecule has 2 aromatic rings. The van der Waals surface area contributed by atoms with E-state index in [9.17, 15) is 4.79 Å². The number of aliphatic carboxylic acids is 1. The normalized spacial score (nSPS) is 10.4. The summed E-state index contributed by atoms with van der Waals surface area (Å²) < 4.78 is 6.47. The van der Waals surface area contributed by atoms with Gasteiger partial charge in [0.25, 0.3) is 0 Å². The zero-order chi connectivity index (χ0) is 10.7. The third kappa shape index (κ3) is 2.43. The molecule has 0 bridgehead atoms. The zero-order valence-corrected chi connectivity index (χ0v) is 7.83. The molecule has 15 heavy (non-hydrogen) atoms. The van der Waals surface area contributed by atoms with E-state index >= 15 is 0 Å². The van der Waals surface area contributed by atoms with Gasteiger partial charge in [-0.25, -0.2) is 4.68 Å². The highest BCUT2D eigenvalue weighted by Crippen LogP contribution is 2.03. The van der Waals surface area contributed by atoms with Crippen molar-refractivity contribution in [3.63, 3.8) is 0 Å². The van der Waals surface area contributed by atoms with Crippen molar-refractivity contribution in [1.29, 1.82) is 0 Å². The SMILES string of the molecule is O=C(O)Cc1cn(Cc2ccoc2)nn1. The van der Waals surface area contributed by atoms with Gasteiger partial charge >= 0.3 is 5.97 Å². The van der Waals surface area contributed by atoms with Crippen molar-refractivity contribution in [3.8, 4) is 0 Å². The molecule has 0 saturated heterocycles. The highest BCUT2D eigenvalue weighted by molar-refractivity contribution is 5.69. The van der Waals surface area contributed by atoms with Crippen LogP contribution in [0, 0.1) is 0 Å². The van der Waals surface area contributed by atoms with Crippen LogP contribution in [0.4, 0.5) is 0 Å². The molecular formula is C9H9N3O3. The minimum Gasteiger partial charge on any atom is -0.481 e. The Labute approximate surface area is 85.1 Å². The molecule has 2 aromatic heterocycles. The van der Waals surface area contributed by atoms with E-state index in [0.717, 1.165) is 5.56 Å². The first-order chi connectivity index (χ1) is 7.24. The van der Waals surface area contributed by atoms with Crippen LogP contribution >= 0.6 is 0 Å². The molecule has 0 aliphatic carbocycles. The van der Waals surface area contributed by atoms with Crippen LogP contribution in [0.1, 0.15) is 11.3 Å². The summed E-state index contributed by atoms with van der Waals surface area (Å²) in [4.78, 5) is 10.4. The van der Waals surface area contributed by atoms with E-state index in [-0.39, 0.29) is 6.42 Å². The molecule has 0 aliphatic rings. The zero-order valence-electron chi connectivity index (χ0n) is 7.83. The predicted molar refractivity (Wildman–Crippen MR) is 49.2 cm³/mol. The lowest BCUT2D eigenvalue weighted by atomic mass is 10.3. The summed E-state index contributed by atoms with van der Waals surface area (Å²) >= 11 is 0. The number of carboxylic acids is 1. The van der Waals surface area contributed by atoms with Gasteiger partial charge in [0.05, 0.1) is 31.2 Å². The van der Waals surface area contributed by atoms with Crippen LogP contribution in [0.2, 0.25) is 0 Å². The van der Waals surface area contributed by atoms with Crippen LogP contribution in [0.5, 0.6) is 0 Å². The second-order valence-corrected chi connectivity index (χ2v) is 3.11. The molecule has 0 amide bonds. The number of carbonyl (C=O) groups is 1. The lowest BCUT2D eigenvalue weighted by Crippen LogP contribution is -2.00. The number of aromatic nitrogens is 3. The van der Waals surface area contributed by atoms with Crippen molar-refractivity contribution in [2.24, 2.45) is 0 Å². The van der Waals surface area contributed by atoms with Gasteiger partial charge in [0, 0.05) is 11.8 Å². The average Bonchev–Trinajstić information content (AvgIpc) is 2.77. The molecule has 2 heterocycles. The molecule has 0 radical (unpaired) electrons. The first kappa shape index (κ1) is 9.45. The molecule has 78 valence electrons. The van der Waals surface area contributed by atoms with Crippen LogP contribution in [0.3, 0.4) is 0 Å². The van der Waals surface area contributed by atoms with Crippen molar-refractivity contribution < 1.29 is 14.3 Å². The minimum absolute atomic E-state index is 0.106. The maximum Gasteiger partial charge on any atom is 0.309 e. The van der Waals surface area contributed by atoms with Crippen molar-refractivity contribution in [2.45, 2.75) is 13.0 Å². The lowest BCUT2D eigenvalue weighted by Gasteiger charge is -1.94. The molecule has 0 saturated carbocycles. The average molecular weight is 207 g/mol. The first-order valence-electron chi connectivity index (χ1n) is 4.36. The van der Waals surface area contributed by atoms with E-state index in [0.29, 0.717) is 12.2 Å². The molecule has 0 aromatic carbocycles. The van der Waals surface area contributed by atoms with E-state index in [4.69, 9.17) is 9.52 Å². The van der Waals surface area contributed by atoms with Crippen LogP contribution in [0.25, 0.3) is 0 Å². The Kier molecular flexibility index (Phi) is 2.49. The van der Waals surface area contributed by atoms with Crippen molar-refractivity contribution in [3.05, 3.63) is 36.0 Å². The van der Waals surface area contributed by atoms with E-state index < -0.39 is 5.97 Å². The van der Waals surface area contributed by atoms with E-state index in [1.807, 2.05) is 6.07 Å². The number of nitrogens with zero attached hydrogens (tertiary/aromatic N) is 3. The topological polar surface area (TPSA) is 81.1 Å². The van der Waals surface area contributed by atoms with Gasteiger partial charge in [-0.2, -0.15) is 0 Å². The summed E-state index contributed by atoms with van der Waals surface area (Å²) in [6.45, 7) is 0.531. The van der Waals surface area contributed by atoms with Gasteiger partial charge in [0.1, 0.15) is 0 Å². The number of carboxylic acid groups (broad SMARTS) is 1. The molecule has 0 unspecified atom stereocenters. The molecule has 0 aliphatic heterocycles. The van der Waals surface area contributed by atoms with Crippen LogP contribution in [-0.2, 0) is 17.8 Å². The van der Waals surface area contributed by atoms with E-state index in [1.165, 1.54) is 0 Å². The Morgan fingerprint density at radius 3 is 3.13 bits per heavy atom. The maximum absolute atomic E-state index is 10.4. The summed E-state index contributed by atoms with van der Waals surface area (Å²) in [5.41, 5.74) is 1.41. The molecule has 6 heteroatoms. The standard InChI is InChI=1S/C9H9N3O3/c13-9(14)3-8-5-12(11-10-8)4-7-1-2-15-6-7/h1-2,5-6H,3-4H2,(H,13,14).